The van der Waals surface area contributed by atoms with Crippen LogP contribution >= 0.6 is 15.9 Å². The number of carbonyl (C=O) groups excluding carboxylic acids is 2. The number of benzene rings is 1. The molecule has 0 aliphatic heterocycles. The number of hydrogen-bond donors (Lipinski definition) is 2. The normalized spacial score (nSPS) is 10.0. The van der Waals surface area contributed by atoms with Crippen molar-refractivity contribution in [1.82, 2.24) is 4.98 Å². The minimum Gasteiger partial charge on any atom is -0.318 e. The Morgan fingerprint density at radius 2 is 1.76 bits per heavy atom. The third-order valence-electron chi connectivity index (χ3n) is 2.77. The Kier molecular flexibility index (Phi) is 4.70. The van der Waals surface area contributed by atoms with E-state index in [1.807, 2.05) is 13.0 Å². The van der Waals surface area contributed by atoms with E-state index in [0.29, 0.717) is 11.5 Å². The molecule has 0 atom stereocenters. The monoisotopic (exact) mass is 347 g/mol. The van der Waals surface area contributed by atoms with Crippen molar-refractivity contribution in [3.8, 4) is 0 Å². The molecule has 0 fully saturated rings. The third kappa shape index (κ3) is 4.13. The lowest BCUT2D eigenvalue weighted by Crippen LogP contribution is -2.29. The molecule has 2 aromatic rings. The Morgan fingerprint density at radius 3 is 2.43 bits per heavy atom. The van der Waals surface area contributed by atoms with Crippen LogP contribution < -0.4 is 10.6 Å². The van der Waals surface area contributed by atoms with Crippen molar-refractivity contribution < 1.29 is 9.59 Å². The van der Waals surface area contributed by atoms with Crippen LogP contribution in [0.25, 0.3) is 0 Å². The molecule has 0 spiro atoms. The summed E-state index contributed by atoms with van der Waals surface area (Å²) in [6, 6.07) is 10.6. The lowest BCUT2D eigenvalue weighted by Gasteiger charge is -2.09. The minimum absolute atomic E-state index is 0.350. The van der Waals surface area contributed by atoms with Gasteiger partial charge >= 0.3 is 11.8 Å². The number of aryl methyl sites for hydroxylation is 2. The second-order valence-corrected chi connectivity index (χ2v) is 5.45. The molecule has 0 unspecified atom stereocenters. The second-order valence-electron chi connectivity index (χ2n) is 4.53. The van der Waals surface area contributed by atoms with E-state index in [2.05, 4.69) is 31.5 Å². The molecule has 1 aromatic carbocycles. The number of aromatic nitrogens is 1. The quantitative estimate of drug-likeness (QED) is 0.820. The van der Waals surface area contributed by atoms with Gasteiger partial charge in [-0.2, -0.15) is 0 Å². The summed E-state index contributed by atoms with van der Waals surface area (Å²) in [5, 5.41) is 5.03. The summed E-state index contributed by atoms with van der Waals surface area (Å²) in [5.41, 5.74) is 2.21. The van der Waals surface area contributed by atoms with Crippen molar-refractivity contribution in [3.63, 3.8) is 0 Å². The van der Waals surface area contributed by atoms with Gasteiger partial charge in [0.2, 0.25) is 0 Å². The lowest BCUT2D eigenvalue weighted by atomic mass is 10.2. The Bertz CT molecular complexity index is 701. The molecule has 108 valence electrons. The van der Waals surface area contributed by atoms with Gasteiger partial charge in [-0.25, -0.2) is 4.98 Å². The zero-order valence-electron chi connectivity index (χ0n) is 11.6. The molecule has 0 aliphatic rings. The molecule has 6 heteroatoms. The smallest absolute Gasteiger partial charge is 0.315 e. The zero-order chi connectivity index (χ0) is 15.4. The summed E-state index contributed by atoms with van der Waals surface area (Å²) >= 11 is 3.34. The van der Waals surface area contributed by atoms with Crippen LogP contribution in [-0.2, 0) is 9.59 Å². The zero-order valence-corrected chi connectivity index (χ0v) is 13.2. The third-order valence-corrected chi connectivity index (χ3v) is 3.27. The van der Waals surface area contributed by atoms with Crippen LogP contribution in [0.1, 0.15) is 11.3 Å². The van der Waals surface area contributed by atoms with Crippen molar-refractivity contribution in [2.75, 3.05) is 10.6 Å². The van der Waals surface area contributed by atoms with Crippen molar-refractivity contribution in [3.05, 3.63) is 52.1 Å². The predicted molar refractivity (Wildman–Crippen MR) is 85.1 cm³/mol. The fourth-order valence-electron chi connectivity index (χ4n) is 1.73. The van der Waals surface area contributed by atoms with E-state index in [9.17, 15) is 9.59 Å². The predicted octanol–water partition coefficient (Wildman–Crippen LogP) is 3.04. The van der Waals surface area contributed by atoms with E-state index >= 15 is 0 Å². The maximum Gasteiger partial charge on any atom is 0.315 e. The van der Waals surface area contributed by atoms with Crippen LogP contribution in [0.2, 0.25) is 0 Å². The maximum absolute atomic E-state index is 11.9. The van der Waals surface area contributed by atoms with Crippen LogP contribution in [-0.4, -0.2) is 16.8 Å². The number of nitrogens with zero attached hydrogens (tertiary/aromatic N) is 1. The van der Waals surface area contributed by atoms with Crippen LogP contribution in [0.5, 0.6) is 0 Å². The van der Waals surface area contributed by atoms with Crippen molar-refractivity contribution >= 4 is 39.2 Å². The number of nitrogens with one attached hydrogen (secondary N) is 2. The second kappa shape index (κ2) is 6.49. The Hall–Kier alpha value is -2.21. The average molecular weight is 348 g/mol. The summed E-state index contributed by atoms with van der Waals surface area (Å²) in [7, 11) is 0. The van der Waals surface area contributed by atoms with Gasteiger partial charge in [-0.05, 0) is 49.7 Å². The molecule has 0 saturated heterocycles. The standard InChI is InChI=1S/C15H14BrN3O2/c1-9-8-11(16)6-7-12(9)18-14(20)15(21)19-13-5-3-4-10(2)17-13/h3-8H,1-2H3,(H,18,20)(H,17,19,21). The first-order valence-electron chi connectivity index (χ1n) is 6.28. The number of anilines is 2. The molecule has 21 heavy (non-hydrogen) atoms. The van der Waals surface area contributed by atoms with Gasteiger partial charge in [-0.1, -0.05) is 22.0 Å². The van der Waals surface area contributed by atoms with E-state index in [1.165, 1.54) is 0 Å². The van der Waals surface area contributed by atoms with Gasteiger partial charge in [0, 0.05) is 15.9 Å². The van der Waals surface area contributed by atoms with Gasteiger partial charge in [-0.3, -0.25) is 9.59 Å². The fourth-order valence-corrected chi connectivity index (χ4v) is 2.21. The first kappa shape index (κ1) is 15.2. The molecule has 0 radical (unpaired) electrons. The lowest BCUT2D eigenvalue weighted by molar-refractivity contribution is -0.133. The van der Waals surface area contributed by atoms with E-state index < -0.39 is 11.8 Å². The highest BCUT2D eigenvalue weighted by Gasteiger charge is 2.15. The van der Waals surface area contributed by atoms with Crippen molar-refractivity contribution in [1.29, 1.82) is 0 Å². The maximum atomic E-state index is 11.9. The van der Waals surface area contributed by atoms with E-state index in [0.717, 1.165) is 15.7 Å². The molecule has 1 aromatic heterocycles. The highest BCUT2D eigenvalue weighted by molar-refractivity contribution is 9.10. The number of rotatable bonds is 2. The molecule has 0 saturated carbocycles. The van der Waals surface area contributed by atoms with E-state index in [1.54, 1.807) is 37.3 Å². The first-order valence-corrected chi connectivity index (χ1v) is 7.07. The summed E-state index contributed by atoms with van der Waals surface area (Å²) < 4.78 is 0.909. The number of amides is 2. The Morgan fingerprint density at radius 1 is 1.05 bits per heavy atom. The van der Waals surface area contributed by atoms with Gasteiger partial charge in [0.1, 0.15) is 5.82 Å². The average Bonchev–Trinajstić information content (AvgIpc) is 2.41. The molecule has 2 rings (SSSR count). The van der Waals surface area contributed by atoms with Crippen LogP contribution in [0.4, 0.5) is 11.5 Å². The highest BCUT2D eigenvalue weighted by Crippen LogP contribution is 2.20. The van der Waals surface area contributed by atoms with Gasteiger partial charge in [0.05, 0.1) is 0 Å². The van der Waals surface area contributed by atoms with Crippen molar-refractivity contribution in [2.45, 2.75) is 13.8 Å². The van der Waals surface area contributed by atoms with Crippen LogP contribution in [0.3, 0.4) is 0 Å². The summed E-state index contributed by atoms with van der Waals surface area (Å²) in [6.07, 6.45) is 0. The molecule has 0 aliphatic carbocycles. The largest absolute Gasteiger partial charge is 0.318 e. The molecule has 2 N–H and O–H groups in total. The van der Waals surface area contributed by atoms with E-state index in [-0.39, 0.29) is 0 Å². The topological polar surface area (TPSA) is 71.1 Å². The number of hydrogen-bond acceptors (Lipinski definition) is 3. The van der Waals surface area contributed by atoms with Gasteiger partial charge in [0.25, 0.3) is 0 Å². The van der Waals surface area contributed by atoms with Gasteiger partial charge in [-0.15, -0.1) is 0 Å². The number of halogens is 1. The molecule has 2 amide bonds. The van der Waals surface area contributed by atoms with Crippen molar-refractivity contribution in [2.24, 2.45) is 0 Å². The SMILES string of the molecule is Cc1cccc(NC(=O)C(=O)Nc2ccc(Br)cc2C)n1. The highest BCUT2D eigenvalue weighted by atomic mass is 79.9. The Balaban J connectivity index is 2.04. The van der Waals surface area contributed by atoms with Crippen LogP contribution in [0, 0.1) is 13.8 Å². The van der Waals surface area contributed by atoms with Gasteiger partial charge < -0.3 is 10.6 Å². The van der Waals surface area contributed by atoms with Gasteiger partial charge in [0.15, 0.2) is 0 Å². The molecule has 5 nitrogen and oxygen atoms in total. The number of pyridine rings is 1. The Labute approximate surface area is 130 Å². The molecular weight excluding hydrogens is 334 g/mol. The first-order chi connectivity index (χ1) is 9.95. The van der Waals surface area contributed by atoms with E-state index in [4.69, 9.17) is 0 Å². The molecular formula is C15H14BrN3O2. The summed E-state index contributed by atoms with van der Waals surface area (Å²) in [4.78, 5) is 27.8. The molecule has 0 bridgehead atoms. The summed E-state index contributed by atoms with van der Waals surface area (Å²) in [5.74, 6) is -1.14. The minimum atomic E-state index is -0.754. The summed E-state index contributed by atoms with van der Waals surface area (Å²) in [6.45, 7) is 3.65. The van der Waals surface area contributed by atoms with Crippen LogP contribution in [0.15, 0.2) is 40.9 Å². The fraction of sp³-hybridized carbons (Fsp3) is 0.133. The number of carbonyl (C=O) groups is 2. The molecule has 1 heterocycles.